The summed E-state index contributed by atoms with van der Waals surface area (Å²) in [5.41, 5.74) is 6.91. The Kier molecular flexibility index (Phi) is 8.73. The van der Waals surface area contributed by atoms with Gasteiger partial charge in [-0.05, 0) is 106 Å². The van der Waals surface area contributed by atoms with Crippen molar-refractivity contribution in [3.8, 4) is 0 Å². The first-order chi connectivity index (χ1) is 17.3. The molecule has 212 valence electrons. The van der Waals surface area contributed by atoms with Gasteiger partial charge in [-0.2, -0.15) is 0 Å². The zero-order valence-electron chi connectivity index (χ0n) is 26.9. The summed E-state index contributed by atoms with van der Waals surface area (Å²) in [5, 5.41) is 7.37. The van der Waals surface area contributed by atoms with Crippen molar-refractivity contribution < 1.29 is 0 Å². The van der Waals surface area contributed by atoms with Crippen molar-refractivity contribution in [1.29, 1.82) is 0 Å². The Hall–Kier alpha value is -1.64. The van der Waals surface area contributed by atoms with Crippen molar-refractivity contribution in [2.24, 2.45) is 10.8 Å². The number of rotatable bonds is 10. The summed E-state index contributed by atoms with van der Waals surface area (Å²) in [6, 6.07) is 18.7. The van der Waals surface area contributed by atoms with Gasteiger partial charge in [-0.15, -0.1) is 0 Å². The fourth-order valence-electron chi connectivity index (χ4n) is 6.05. The largest absolute Gasteiger partial charge is 0.308 e. The minimum Gasteiger partial charge on any atom is -0.308 e. The Morgan fingerprint density at radius 3 is 1.66 bits per heavy atom. The van der Waals surface area contributed by atoms with Crippen molar-refractivity contribution in [3.05, 3.63) is 70.8 Å². The Morgan fingerprint density at radius 1 is 0.632 bits per heavy atom. The Bertz CT molecular complexity index is 1050. The van der Waals surface area contributed by atoms with Gasteiger partial charge in [0.15, 0.2) is 0 Å². The molecule has 0 aliphatic heterocycles. The van der Waals surface area contributed by atoms with Gasteiger partial charge in [-0.1, -0.05) is 90.1 Å². The fraction of sp³-hybridized carbons (Fsp3) is 0.667. The maximum Gasteiger partial charge on any atom is 0.0213 e. The lowest BCUT2D eigenvalue weighted by Gasteiger charge is -2.46. The van der Waals surface area contributed by atoms with Gasteiger partial charge in [-0.3, -0.25) is 0 Å². The monoisotopic (exact) mass is 518 g/mol. The van der Waals surface area contributed by atoms with Crippen LogP contribution < -0.4 is 10.6 Å². The molecule has 0 amide bonds. The second kappa shape index (κ2) is 10.7. The van der Waals surface area contributed by atoms with Crippen LogP contribution in [-0.2, 0) is 23.9 Å². The standard InChI is InChI=1S/C36H58N2/c1-31(2,3)35(12,29-19-17-27(18-20-29)25-37-32(4,5)6)22-21-34(10,11)36(23-24-36)30-16-14-13-15-28(30)26-38-33(7,8)9/h13-20,37-38H,21-26H2,1-12H3. The molecule has 0 spiro atoms. The van der Waals surface area contributed by atoms with Gasteiger partial charge in [-0.25, -0.2) is 0 Å². The molecule has 1 atom stereocenters. The van der Waals surface area contributed by atoms with Gasteiger partial charge in [0.25, 0.3) is 0 Å². The highest BCUT2D eigenvalue weighted by atomic mass is 14.9. The highest BCUT2D eigenvalue weighted by molar-refractivity contribution is 5.41. The van der Waals surface area contributed by atoms with Crippen LogP contribution in [0.25, 0.3) is 0 Å². The molecule has 0 aromatic heterocycles. The predicted molar refractivity (Wildman–Crippen MR) is 167 cm³/mol. The topological polar surface area (TPSA) is 24.1 Å². The molecule has 1 unspecified atom stereocenters. The maximum atomic E-state index is 3.74. The zero-order chi connectivity index (χ0) is 28.6. The maximum absolute atomic E-state index is 3.74. The number of benzene rings is 2. The lowest BCUT2D eigenvalue weighted by molar-refractivity contribution is 0.141. The molecule has 0 heterocycles. The van der Waals surface area contributed by atoms with E-state index >= 15 is 0 Å². The van der Waals surface area contributed by atoms with Crippen LogP contribution in [0, 0.1) is 10.8 Å². The normalized spacial score (nSPS) is 17.8. The first-order valence-electron chi connectivity index (χ1n) is 15.0. The van der Waals surface area contributed by atoms with Crippen LogP contribution >= 0.6 is 0 Å². The number of hydrogen-bond acceptors (Lipinski definition) is 2. The first kappa shape index (κ1) is 30.9. The lowest BCUT2D eigenvalue weighted by atomic mass is 9.58. The SMILES string of the molecule is CC(C)(C)NCc1ccc(C(C)(CCC(C)(C)C2(c3ccccc3CNC(C)(C)C)CC2)C(C)(C)C)cc1. The van der Waals surface area contributed by atoms with E-state index in [4.69, 9.17) is 0 Å². The molecule has 2 heteroatoms. The molecule has 38 heavy (non-hydrogen) atoms. The van der Waals surface area contributed by atoms with Gasteiger partial charge in [0, 0.05) is 29.6 Å². The molecule has 1 saturated carbocycles. The summed E-state index contributed by atoms with van der Waals surface area (Å²) in [6.45, 7) is 30.2. The minimum atomic E-state index is 0.101. The molecule has 2 aromatic rings. The van der Waals surface area contributed by atoms with Gasteiger partial charge >= 0.3 is 0 Å². The summed E-state index contributed by atoms with van der Waals surface area (Å²) in [4.78, 5) is 0. The van der Waals surface area contributed by atoms with Crippen molar-refractivity contribution >= 4 is 0 Å². The average molecular weight is 519 g/mol. The zero-order valence-corrected chi connectivity index (χ0v) is 26.9. The third-order valence-corrected chi connectivity index (χ3v) is 9.71. The van der Waals surface area contributed by atoms with Crippen LogP contribution in [0.2, 0.25) is 0 Å². The lowest BCUT2D eigenvalue weighted by Crippen LogP contribution is -2.40. The molecular formula is C36H58N2. The van der Waals surface area contributed by atoms with Crippen LogP contribution in [0.1, 0.15) is 131 Å². The number of hydrogen-bond donors (Lipinski definition) is 2. The predicted octanol–water partition coefficient (Wildman–Crippen LogP) is 9.30. The Balaban J connectivity index is 1.83. The average Bonchev–Trinajstić information content (AvgIpc) is 3.61. The summed E-state index contributed by atoms with van der Waals surface area (Å²) in [5.74, 6) is 0. The third kappa shape index (κ3) is 7.11. The fourth-order valence-corrected chi connectivity index (χ4v) is 6.05. The van der Waals surface area contributed by atoms with E-state index in [1.165, 1.54) is 42.4 Å². The van der Waals surface area contributed by atoms with E-state index in [1.807, 2.05) is 0 Å². The van der Waals surface area contributed by atoms with Gasteiger partial charge in [0.1, 0.15) is 0 Å². The van der Waals surface area contributed by atoms with Crippen molar-refractivity contribution in [2.45, 2.75) is 144 Å². The third-order valence-electron chi connectivity index (χ3n) is 9.71. The van der Waals surface area contributed by atoms with Crippen LogP contribution in [0.5, 0.6) is 0 Å². The summed E-state index contributed by atoms with van der Waals surface area (Å²) < 4.78 is 0. The van der Waals surface area contributed by atoms with Crippen molar-refractivity contribution in [3.63, 3.8) is 0 Å². The van der Waals surface area contributed by atoms with E-state index in [0.717, 1.165) is 13.1 Å². The van der Waals surface area contributed by atoms with Crippen molar-refractivity contribution in [1.82, 2.24) is 10.6 Å². The highest BCUT2D eigenvalue weighted by Crippen LogP contribution is 2.63. The first-order valence-corrected chi connectivity index (χ1v) is 15.0. The second-order valence-corrected chi connectivity index (χ2v) is 16.1. The van der Waals surface area contributed by atoms with Crippen LogP contribution in [-0.4, -0.2) is 11.1 Å². The summed E-state index contributed by atoms with van der Waals surface area (Å²) >= 11 is 0. The smallest absolute Gasteiger partial charge is 0.0213 e. The minimum absolute atomic E-state index is 0.101. The van der Waals surface area contributed by atoms with Gasteiger partial charge < -0.3 is 10.6 Å². The molecule has 2 aromatic carbocycles. The molecule has 0 bridgehead atoms. The van der Waals surface area contributed by atoms with E-state index in [1.54, 1.807) is 5.56 Å². The summed E-state index contributed by atoms with van der Waals surface area (Å²) in [7, 11) is 0. The second-order valence-electron chi connectivity index (χ2n) is 16.1. The Morgan fingerprint density at radius 2 is 1.16 bits per heavy atom. The highest BCUT2D eigenvalue weighted by Gasteiger charge is 2.56. The van der Waals surface area contributed by atoms with E-state index < -0.39 is 0 Å². The quantitative estimate of drug-likeness (QED) is 0.327. The van der Waals surface area contributed by atoms with Gasteiger partial charge in [0.05, 0.1) is 0 Å². The van der Waals surface area contributed by atoms with Crippen LogP contribution in [0.4, 0.5) is 0 Å². The number of nitrogens with one attached hydrogen (secondary N) is 2. The van der Waals surface area contributed by atoms with E-state index in [2.05, 4.69) is 142 Å². The molecule has 2 nitrogen and oxygen atoms in total. The van der Waals surface area contributed by atoms with Crippen molar-refractivity contribution in [2.75, 3.05) is 0 Å². The summed E-state index contributed by atoms with van der Waals surface area (Å²) in [6.07, 6.45) is 5.00. The van der Waals surface area contributed by atoms with Gasteiger partial charge in [0.2, 0.25) is 0 Å². The molecule has 1 aliphatic rings. The molecule has 1 aliphatic carbocycles. The van der Waals surface area contributed by atoms with Crippen LogP contribution in [0.3, 0.4) is 0 Å². The van der Waals surface area contributed by atoms with E-state index in [-0.39, 0.29) is 32.7 Å². The molecular weight excluding hydrogens is 460 g/mol. The van der Waals surface area contributed by atoms with E-state index in [9.17, 15) is 0 Å². The molecule has 0 radical (unpaired) electrons. The Labute approximate surface area is 235 Å². The molecule has 2 N–H and O–H groups in total. The van der Waals surface area contributed by atoms with Crippen LogP contribution in [0.15, 0.2) is 48.5 Å². The van der Waals surface area contributed by atoms with E-state index in [0.29, 0.717) is 0 Å². The molecule has 0 saturated heterocycles. The molecule has 3 rings (SSSR count). The molecule has 1 fully saturated rings.